The first-order valence-corrected chi connectivity index (χ1v) is 4.99. The van der Waals surface area contributed by atoms with Crippen molar-refractivity contribution in [1.29, 1.82) is 5.26 Å². The molecule has 4 heteroatoms. The van der Waals surface area contributed by atoms with Crippen LogP contribution in [0.3, 0.4) is 0 Å². The van der Waals surface area contributed by atoms with Crippen LogP contribution in [0, 0.1) is 11.3 Å². The fourth-order valence-corrected chi connectivity index (χ4v) is 1.25. The summed E-state index contributed by atoms with van der Waals surface area (Å²) in [5.74, 6) is -0.128. The quantitative estimate of drug-likeness (QED) is 0.807. The van der Waals surface area contributed by atoms with Crippen LogP contribution < -0.4 is 11.1 Å². The van der Waals surface area contributed by atoms with Gasteiger partial charge in [0.15, 0.2) is 0 Å². The van der Waals surface area contributed by atoms with Crippen LogP contribution in [0.2, 0.25) is 0 Å². The molecule has 0 aliphatic heterocycles. The molecule has 0 fully saturated rings. The van der Waals surface area contributed by atoms with E-state index in [4.69, 9.17) is 11.0 Å². The van der Waals surface area contributed by atoms with Gasteiger partial charge in [0.25, 0.3) is 0 Å². The number of amides is 1. The van der Waals surface area contributed by atoms with E-state index in [1.54, 1.807) is 38.1 Å². The van der Waals surface area contributed by atoms with Gasteiger partial charge < -0.3 is 11.1 Å². The summed E-state index contributed by atoms with van der Waals surface area (Å²) in [6, 6.07) is 8.71. The molecule has 0 radical (unpaired) electrons. The van der Waals surface area contributed by atoms with E-state index in [1.165, 1.54) is 0 Å². The number of benzene rings is 1. The average Bonchev–Trinajstić information content (AvgIpc) is 2.16. The van der Waals surface area contributed by atoms with Crippen LogP contribution in [0.4, 0.5) is 5.69 Å². The third-order valence-corrected chi connectivity index (χ3v) is 1.91. The lowest BCUT2D eigenvalue weighted by atomic mass is 10.0. The second kappa shape index (κ2) is 4.77. The third-order valence-electron chi connectivity index (χ3n) is 1.91. The maximum atomic E-state index is 11.5. The molecule has 0 bridgehead atoms. The Morgan fingerprint density at radius 3 is 2.44 bits per heavy atom. The summed E-state index contributed by atoms with van der Waals surface area (Å²) in [6.45, 7) is 3.59. The van der Waals surface area contributed by atoms with E-state index in [0.717, 1.165) is 0 Å². The predicted octanol–water partition coefficient (Wildman–Crippen LogP) is 1.62. The highest BCUT2D eigenvalue weighted by Crippen LogP contribution is 2.11. The summed E-state index contributed by atoms with van der Waals surface area (Å²) < 4.78 is 0. The van der Waals surface area contributed by atoms with Crippen molar-refractivity contribution in [3.63, 3.8) is 0 Å². The fraction of sp³-hybridized carbons (Fsp3) is 0.333. The molecule has 16 heavy (non-hydrogen) atoms. The molecule has 0 heterocycles. The second-order valence-electron chi connectivity index (χ2n) is 4.40. The fourth-order valence-electron chi connectivity index (χ4n) is 1.25. The summed E-state index contributed by atoms with van der Waals surface area (Å²) in [5, 5.41) is 11.3. The first-order valence-electron chi connectivity index (χ1n) is 4.99. The van der Waals surface area contributed by atoms with Crippen molar-refractivity contribution in [2.75, 3.05) is 5.32 Å². The Morgan fingerprint density at radius 1 is 1.44 bits per heavy atom. The summed E-state index contributed by atoms with van der Waals surface area (Å²) >= 11 is 0. The van der Waals surface area contributed by atoms with Crippen molar-refractivity contribution < 1.29 is 4.79 Å². The Morgan fingerprint density at radius 2 is 2.00 bits per heavy atom. The Labute approximate surface area is 95.1 Å². The maximum absolute atomic E-state index is 11.5. The molecule has 0 aliphatic carbocycles. The SMILES string of the molecule is CC(C)(N)CC(=O)Nc1ccc(C#N)cc1. The van der Waals surface area contributed by atoms with E-state index in [2.05, 4.69) is 5.32 Å². The molecule has 0 spiro atoms. The highest BCUT2D eigenvalue weighted by molar-refractivity contribution is 5.91. The van der Waals surface area contributed by atoms with Gasteiger partial charge in [0, 0.05) is 17.6 Å². The Bertz CT molecular complexity index is 409. The topological polar surface area (TPSA) is 78.9 Å². The molecule has 0 saturated carbocycles. The maximum Gasteiger partial charge on any atom is 0.226 e. The van der Waals surface area contributed by atoms with Crippen molar-refractivity contribution in [2.24, 2.45) is 5.73 Å². The van der Waals surface area contributed by atoms with Gasteiger partial charge in [0.05, 0.1) is 11.6 Å². The molecule has 3 N–H and O–H groups in total. The zero-order valence-corrected chi connectivity index (χ0v) is 9.45. The van der Waals surface area contributed by atoms with Gasteiger partial charge in [-0.25, -0.2) is 0 Å². The first-order chi connectivity index (χ1) is 7.40. The molecule has 1 amide bonds. The zero-order chi connectivity index (χ0) is 12.2. The standard InChI is InChI=1S/C12H15N3O/c1-12(2,14)7-11(16)15-10-5-3-9(8-13)4-6-10/h3-6H,7,14H2,1-2H3,(H,15,16). The molecule has 1 aromatic carbocycles. The minimum Gasteiger partial charge on any atom is -0.326 e. The van der Waals surface area contributed by atoms with Crippen molar-refractivity contribution in [3.8, 4) is 6.07 Å². The van der Waals surface area contributed by atoms with Crippen molar-refractivity contribution >= 4 is 11.6 Å². The monoisotopic (exact) mass is 217 g/mol. The van der Waals surface area contributed by atoms with Gasteiger partial charge in [0.2, 0.25) is 5.91 Å². The minimum atomic E-state index is -0.517. The average molecular weight is 217 g/mol. The lowest BCUT2D eigenvalue weighted by molar-refractivity contribution is -0.117. The minimum absolute atomic E-state index is 0.128. The molecular formula is C12H15N3O. The van der Waals surface area contributed by atoms with Crippen molar-refractivity contribution in [3.05, 3.63) is 29.8 Å². The number of nitrogens with one attached hydrogen (secondary N) is 1. The number of hydrogen-bond donors (Lipinski definition) is 2. The van der Waals surface area contributed by atoms with Crippen molar-refractivity contribution in [1.82, 2.24) is 0 Å². The molecule has 0 aromatic heterocycles. The molecule has 1 aromatic rings. The van der Waals surface area contributed by atoms with Gasteiger partial charge in [0.1, 0.15) is 0 Å². The normalized spacial score (nSPS) is 10.6. The second-order valence-corrected chi connectivity index (χ2v) is 4.40. The number of anilines is 1. The molecule has 0 aliphatic rings. The van der Waals surface area contributed by atoms with Gasteiger partial charge in [-0.15, -0.1) is 0 Å². The summed E-state index contributed by atoms with van der Waals surface area (Å²) in [6.07, 6.45) is 0.257. The highest BCUT2D eigenvalue weighted by Gasteiger charge is 2.16. The van der Waals surface area contributed by atoms with E-state index in [1.807, 2.05) is 6.07 Å². The van der Waals surface area contributed by atoms with Gasteiger partial charge >= 0.3 is 0 Å². The predicted molar refractivity (Wildman–Crippen MR) is 62.7 cm³/mol. The third kappa shape index (κ3) is 4.11. The number of carbonyl (C=O) groups excluding carboxylic acids is 1. The van der Waals surface area contributed by atoms with Crippen LogP contribution >= 0.6 is 0 Å². The Kier molecular flexibility index (Phi) is 3.64. The highest BCUT2D eigenvalue weighted by atomic mass is 16.1. The molecule has 0 atom stereocenters. The smallest absolute Gasteiger partial charge is 0.226 e. The van der Waals surface area contributed by atoms with E-state index < -0.39 is 5.54 Å². The van der Waals surface area contributed by atoms with E-state index in [-0.39, 0.29) is 12.3 Å². The zero-order valence-electron chi connectivity index (χ0n) is 9.45. The lowest BCUT2D eigenvalue weighted by Gasteiger charge is -2.17. The summed E-state index contributed by atoms with van der Waals surface area (Å²) in [4.78, 5) is 11.5. The van der Waals surface area contributed by atoms with Crippen LogP contribution in [-0.2, 0) is 4.79 Å². The number of nitrogens with two attached hydrogens (primary N) is 1. The summed E-state index contributed by atoms with van der Waals surface area (Å²) in [5.41, 5.74) is 6.46. The van der Waals surface area contributed by atoms with Gasteiger partial charge in [-0.3, -0.25) is 4.79 Å². The molecular weight excluding hydrogens is 202 g/mol. The van der Waals surface area contributed by atoms with Crippen LogP contribution in [0.15, 0.2) is 24.3 Å². The van der Waals surface area contributed by atoms with Crippen molar-refractivity contribution in [2.45, 2.75) is 25.8 Å². The first kappa shape index (κ1) is 12.2. The van der Waals surface area contributed by atoms with Gasteiger partial charge in [-0.05, 0) is 38.1 Å². The molecule has 4 nitrogen and oxygen atoms in total. The lowest BCUT2D eigenvalue weighted by Crippen LogP contribution is -2.36. The van der Waals surface area contributed by atoms with Gasteiger partial charge in [-0.2, -0.15) is 5.26 Å². The summed E-state index contributed by atoms with van der Waals surface area (Å²) in [7, 11) is 0. The molecule has 84 valence electrons. The molecule has 0 saturated heterocycles. The number of rotatable bonds is 3. The number of nitriles is 1. The van der Waals surface area contributed by atoms with Crippen LogP contribution in [-0.4, -0.2) is 11.4 Å². The van der Waals surface area contributed by atoms with Crippen LogP contribution in [0.25, 0.3) is 0 Å². The Balaban J connectivity index is 2.61. The molecule has 0 unspecified atom stereocenters. The largest absolute Gasteiger partial charge is 0.326 e. The van der Waals surface area contributed by atoms with E-state index in [9.17, 15) is 4.79 Å². The van der Waals surface area contributed by atoms with Gasteiger partial charge in [-0.1, -0.05) is 0 Å². The van der Waals surface area contributed by atoms with Crippen LogP contribution in [0.1, 0.15) is 25.8 Å². The van der Waals surface area contributed by atoms with E-state index in [0.29, 0.717) is 11.3 Å². The van der Waals surface area contributed by atoms with E-state index >= 15 is 0 Å². The number of nitrogens with zero attached hydrogens (tertiary/aromatic N) is 1. The Hall–Kier alpha value is -1.86. The number of carbonyl (C=O) groups is 1. The number of hydrogen-bond acceptors (Lipinski definition) is 3. The molecule has 1 rings (SSSR count). The van der Waals surface area contributed by atoms with Crippen LogP contribution in [0.5, 0.6) is 0 Å².